The SMILES string of the molecule is CN=C(NCc1cccnc1-n1ccnc1C)N1CCN(c2cccs2)CC1. The van der Waals surface area contributed by atoms with Crippen LogP contribution in [0.1, 0.15) is 11.4 Å². The fourth-order valence-electron chi connectivity index (χ4n) is 3.48. The Kier molecular flexibility index (Phi) is 5.57. The Hall–Kier alpha value is -2.87. The molecule has 1 aliphatic heterocycles. The van der Waals surface area contributed by atoms with Crippen LogP contribution in [0.2, 0.25) is 0 Å². The summed E-state index contributed by atoms with van der Waals surface area (Å²) in [6, 6.07) is 8.36. The number of hydrogen-bond acceptors (Lipinski definition) is 5. The van der Waals surface area contributed by atoms with E-state index in [9.17, 15) is 0 Å². The quantitative estimate of drug-likeness (QED) is 0.543. The lowest BCUT2D eigenvalue weighted by Crippen LogP contribution is -2.52. The second kappa shape index (κ2) is 8.43. The van der Waals surface area contributed by atoms with E-state index in [1.54, 1.807) is 17.5 Å². The van der Waals surface area contributed by atoms with Crippen LogP contribution in [0.15, 0.2) is 53.2 Å². The molecule has 3 aromatic heterocycles. The lowest BCUT2D eigenvalue weighted by atomic mass is 10.2. The molecule has 3 aromatic rings. The van der Waals surface area contributed by atoms with Crippen molar-refractivity contribution in [1.29, 1.82) is 0 Å². The number of pyridine rings is 1. The van der Waals surface area contributed by atoms with E-state index in [0.29, 0.717) is 6.54 Å². The molecule has 0 amide bonds. The number of imidazole rings is 1. The molecular formula is C20H25N7S. The van der Waals surface area contributed by atoms with Crippen LogP contribution >= 0.6 is 11.3 Å². The number of aromatic nitrogens is 3. The third kappa shape index (κ3) is 3.87. The van der Waals surface area contributed by atoms with Gasteiger partial charge in [0.05, 0.1) is 5.00 Å². The minimum atomic E-state index is 0.665. The third-order valence-electron chi connectivity index (χ3n) is 4.97. The van der Waals surface area contributed by atoms with E-state index in [-0.39, 0.29) is 0 Å². The van der Waals surface area contributed by atoms with Crippen molar-refractivity contribution >= 4 is 22.3 Å². The summed E-state index contributed by atoms with van der Waals surface area (Å²) >= 11 is 1.80. The Morgan fingerprint density at radius 1 is 1.14 bits per heavy atom. The molecule has 0 atom stereocenters. The summed E-state index contributed by atoms with van der Waals surface area (Å²) in [6.07, 6.45) is 5.56. The van der Waals surface area contributed by atoms with Crippen LogP contribution in [0.3, 0.4) is 0 Å². The van der Waals surface area contributed by atoms with Crippen molar-refractivity contribution in [3.05, 3.63) is 59.6 Å². The van der Waals surface area contributed by atoms with Crippen LogP contribution in [-0.2, 0) is 6.54 Å². The molecule has 0 spiro atoms. The van der Waals surface area contributed by atoms with Crippen LogP contribution in [0.4, 0.5) is 5.00 Å². The Balaban J connectivity index is 1.40. The van der Waals surface area contributed by atoms with Gasteiger partial charge in [0.2, 0.25) is 0 Å². The number of guanidine groups is 1. The van der Waals surface area contributed by atoms with Gasteiger partial charge in [-0.3, -0.25) is 9.56 Å². The molecule has 28 heavy (non-hydrogen) atoms. The lowest BCUT2D eigenvalue weighted by molar-refractivity contribution is 0.373. The van der Waals surface area contributed by atoms with Crippen molar-refractivity contribution in [2.24, 2.45) is 4.99 Å². The highest BCUT2D eigenvalue weighted by molar-refractivity contribution is 7.14. The van der Waals surface area contributed by atoms with E-state index in [1.807, 2.05) is 37.0 Å². The molecule has 7 nitrogen and oxygen atoms in total. The monoisotopic (exact) mass is 395 g/mol. The van der Waals surface area contributed by atoms with Crippen molar-refractivity contribution in [3.8, 4) is 5.82 Å². The minimum absolute atomic E-state index is 0.665. The molecule has 1 N–H and O–H groups in total. The van der Waals surface area contributed by atoms with Gasteiger partial charge in [0.15, 0.2) is 5.96 Å². The number of rotatable bonds is 4. The van der Waals surface area contributed by atoms with E-state index >= 15 is 0 Å². The molecule has 0 aliphatic carbocycles. The molecule has 4 heterocycles. The number of aliphatic imine (C=N–C) groups is 1. The Bertz CT molecular complexity index is 924. The van der Waals surface area contributed by atoms with Crippen molar-refractivity contribution in [2.75, 3.05) is 38.1 Å². The number of aryl methyl sites for hydroxylation is 1. The number of piperazine rings is 1. The first kappa shape index (κ1) is 18.5. The van der Waals surface area contributed by atoms with Crippen LogP contribution in [-0.4, -0.2) is 58.6 Å². The number of nitrogens with zero attached hydrogens (tertiary/aromatic N) is 6. The number of thiophene rings is 1. The second-order valence-electron chi connectivity index (χ2n) is 6.66. The lowest BCUT2D eigenvalue weighted by Gasteiger charge is -2.37. The fraction of sp³-hybridized carbons (Fsp3) is 0.350. The zero-order valence-electron chi connectivity index (χ0n) is 16.2. The molecule has 1 fully saturated rings. The molecule has 0 radical (unpaired) electrons. The number of nitrogens with one attached hydrogen (secondary N) is 1. The average Bonchev–Trinajstić information content (AvgIpc) is 3.41. The highest BCUT2D eigenvalue weighted by atomic mass is 32.1. The van der Waals surface area contributed by atoms with Crippen LogP contribution < -0.4 is 10.2 Å². The maximum atomic E-state index is 4.56. The molecular weight excluding hydrogens is 370 g/mol. The minimum Gasteiger partial charge on any atom is -0.360 e. The third-order valence-corrected chi connectivity index (χ3v) is 5.90. The molecule has 1 saturated heterocycles. The first-order valence-electron chi connectivity index (χ1n) is 9.44. The highest BCUT2D eigenvalue weighted by Crippen LogP contribution is 2.22. The number of anilines is 1. The summed E-state index contributed by atoms with van der Waals surface area (Å²) in [4.78, 5) is 18.1. The summed E-state index contributed by atoms with van der Waals surface area (Å²) in [5.74, 6) is 2.76. The first-order valence-corrected chi connectivity index (χ1v) is 10.3. The van der Waals surface area contributed by atoms with Crippen molar-refractivity contribution in [3.63, 3.8) is 0 Å². The highest BCUT2D eigenvalue weighted by Gasteiger charge is 2.20. The second-order valence-corrected chi connectivity index (χ2v) is 7.58. The predicted molar refractivity (Wildman–Crippen MR) is 114 cm³/mol. The molecule has 1 aliphatic rings. The Morgan fingerprint density at radius 2 is 2.00 bits per heavy atom. The molecule has 0 unspecified atom stereocenters. The number of hydrogen-bond donors (Lipinski definition) is 1. The van der Waals surface area contributed by atoms with Crippen LogP contribution in [0, 0.1) is 6.92 Å². The first-order chi connectivity index (χ1) is 13.8. The fourth-order valence-corrected chi connectivity index (χ4v) is 4.27. The van der Waals surface area contributed by atoms with Crippen LogP contribution in [0.25, 0.3) is 5.82 Å². The standard InChI is InChI=1S/C20H25N7S/c1-16-22-8-9-27(16)19-17(5-3-7-23-19)15-24-20(21-2)26-12-10-25(11-13-26)18-6-4-14-28-18/h3-9,14H,10-13,15H2,1-2H3,(H,21,24). The predicted octanol–water partition coefficient (Wildman–Crippen LogP) is 2.53. The smallest absolute Gasteiger partial charge is 0.194 e. The maximum Gasteiger partial charge on any atom is 0.194 e. The van der Waals surface area contributed by atoms with Gasteiger partial charge < -0.3 is 15.1 Å². The van der Waals surface area contributed by atoms with Gasteiger partial charge in [-0.15, -0.1) is 11.3 Å². The van der Waals surface area contributed by atoms with Gasteiger partial charge >= 0.3 is 0 Å². The zero-order valence-corrected chi connectivity index (χ0v) is 17.1. The van der Waals surface area contributed by atoms with E-state index < -0.39 is 0 Å². The topological polar surface area (TPSA) is 61.6 Å². The molecule has 4 rings (SSSR count). The van der Waals surface area contributed by atoms with Crippen LogP contribution in [0.5, 0.6) is 0 Å². The summed E-state index contributed by atoms with van der Waals surface area (Å²) in [7, 11) is 1.85. The summed E-state index contributed by atoms with van der Waals surface area (Å²) in [5, 5.41) is 6.99. The van der Waals surface area contributed by atoms with Gasteiger partial charge in [0.25, 0.3) is 0 Å². The summed E-state index contributed by atoms with van der Waals surface area (Å²) in [5.41, 5.74) is 1.11. The Morgan fingerprint density at radius 3 is 2.68 bits per heavy atom. The largest absolute Gasteiger partial charge is 0.360 e. The molecule has 0 bridgehead atoms. The summed E-state index contributed by atoms with van der Waals surface area (Å²) in [6.45, 7) is 6.58. The van der Waals surface area contributed by atoms with Crippen molar-refractivity contribution < 1.29 is 0 Å². The van der Waals surface area contributed by atoms with E-state index in [4.69, 9.17) is 0 Å². The van der Waals surface area contributed by atoms with E-state index in [1.165, 1.54) is 5.00 Å². The molecule has 146 valence electrons. The van der Waals surface area contributed by atoms with Gasteiger partial charge in [0, 0.05) is 63.9 Å². The normalized spacial score (nSPS) is 15.1. The van der Waals surface area contributed by atoms with Crippen molar-refractivity contribution in [2.45, 2.75) is 13.5 Å². The van der Waals surface area contributed by atoms with Gasteiger partial charge in [-0.05, 0) is 30.5 Å². The maximum absolute atomic E-state index is 4.56. The molecule has 8 heteroatoms. The van der Waals surface area contributed by atoms with Gasteiger partial charge in [-0.2, -0.15) is 0 Å². The van der Waals surface area contributed by atoms with Gasteiger partial charge in [-0.1, -0.05) is 6.07 Å². The summed E-state index contributed by atoms with van der Waals surface area (Å²) < 4.78 is 2.01. The van der Waals surface area contributed by atoms with Gasteiger partial charge in [-0.25, -0.2) is 9.97 Å². The van der Waals surface area contributed by atoms with Crippen molar-refractivity contribution in [1.82, 2.24) is 24.8 Å². The van der Waals surface area contributed by atoms with E-state index in [0.717, 1.165) is 49.3 Å². The average molecular weight is 396 g/mol. The molecule has 0 aromatic carbocycles. The Labute approximate surface area is 169 Å². The zero-order chi connectivity index (χ0) is 19.3. The molecule has 0 saturated carbocycles. The van der Waals surface area contributed by atoms with Gasteiger partial charge in [0.1, 0.15) is 11.6 Å². The van der Waals surface area contributed by atoms with E-state index in [2.05, 4.69) is 53.7 Å².